The molecule has 0 saturated carbocycles. The summed E-state index contributed by atoms with van der Waals surface area (Å²) in [6.07, 6.45) is 1.22. The molecule has 0 saturated heterocycles. The van der Waals surface area contributed by atoms with Crippen molar-refractivity contribution in [1.29, 1.82) is 0 Å². The molecule has 1 atom stereocenters. The van der Waals surface area contributed by atoms with E-state index < -0.39 is 24.5 Å². The van der Waals surface area contributed by atoms with Crippen LogP contribution in [-0.4, -0.2) is 44.5 Å². The van der Waals surface area contributed by atoms with Crippen LogP contribution in [0.15, 0.2) is 6.20 Å². The molecule has 0 radical (unpaired) electrons. The minimum absolute atomic E-state index is 0.0715. The number of nitrogen functional groups attached to an aromatic ring is 1. The van der Waals surface area contributed by atoms with Crippen molar-refractivity contribution in [2.24, 2.45) is 7.05 Å². The quantitative estimate of drug-likeness (QED) is 0.480. The summed E-state index contributed by atoms with van der Waals surface area (Å²) in [5.74, 6) is -1.88. The van der Waals surface area contributed by atoms with Crippen LogP contribution in [0.4, 0.5) is 5.82 Å². The number of carboxylic acids is 1. The number of carboxylic acid groups (broad SMARTS) is 1. The van der Waals surface area contributed by atoms with E-state index in [0.29, 0.717) is 0 Å². The number of rotatable bonds is 4. The molecule has 1 rings (SSSR count). The van der Waals surface area contributed by atoms with Crippen LogP contribution in [0.1, 0.15) is 10.4 Å². The number of hydrogen-bond donors (Lipinski definition) is 4. The zero-order valence-corrected chi connectivity index (χ0v) is 8.54. The number of aliphatic hydroxyl groups is 1. The zero-order chi connectivity index (χ0) is 12.3. The van der Waals surface area contributed by atoms with Gasteiger partial charge in [0.05, 0.1) is 12.8 Å². The Balaban J connectivity index is 2.80. The molecule has 1 aromatic rings. The molecule has 0 aliphatic carbocycles. The number of hydrogen-bond acceptors (Lipinski definition) is 5. The molecule has 8 heteroatoms. The van der Waals surface area contributed by atoms with E-state index in [1.807, 2.05) is 0 Å². The molecule has 0 bridgehead atoms. The van der Waals surface area contributed by atoms with E-state index in [1.165, 1.54) is 10.9 Å². The first kappa shape index (κ1) is 12.0. The predicted molar refractivity (Wildman–Crippen MR) is 53.6 cm³/mol. The molecule has 0 aliphatic heterocycles. The highest BCUT2D eigenvalue weighted by atomic mass is 16.4. The van der Waals surface area contributed by atoms with Gasteiger partial charge in [0.2, 0.25) is 0 Å². The summed E-state index contributed by atoms with van der Waals surface area (Å²) in [5, 5.41) is 23.2. The molecule has 88 valence electrons. The highest BCUT2D eigenvalue weighted by Gasteiger charge is 2.21. The van der Waals surface area contributed by atoms with Crippen LogP contribution in [-0.2, 0) is 11.8 Å². The Labute approximate surface area is 90.7 Å². The van der Waals surface area contributed by atoms with Crippen LogP contribution in [0.5, 0.6) is 0 Å². The van der Waals surface area contributed by atoms with Gasteiger partial charge in [-0.3, -0.25) is 9.48 Å². The lowest BCUT2D eigenvalue weighted by Crippen LogP contribution is -2.43. The molecule has 1 heterocycles. The Morgan fingerprint density at radius 3 is 2.69 bits per heavy atom. The van der Waals surface area contributed by atoms with Crippen molar-refractivity contribution in [3.8, 4) is 0 Å². The number of anilines is 1. The minimum Gasteiger partial charge on any atom is -0.480 e. The number of nitrogens with one attached hydrogen (secondary N) is 1. The summed E-state index contributed by atoms with van der Waals surface area (Å²) in [7, 11) is 1.55. The van der Waals surface area contributed by atoms with E-state index in [0.717, 1.165) is 0 Å². The van der Waals surface area contributed by atoms with E-state index in [1.54, 1.807) is 7.05 Å². The van der Waals surface area contributed by atoms with Crippen LogP contribution >= 0.6 is 0 Å². The third-order valence-electron chi connectivity index (χ3n) is 2.02. The van der Waals surface area contributed by atoms with Gasteiger partial charge in [0.1, 0.15) is 11.4 Å². The smallest absolute Gasteiger partial charge is 0.328 e. The average Bonchev–Trinajstić information content (AvgIpc) is 2.55. The van der Waals surface area contributed by atoms with E-state index in [9.17, 15) is 9.59 Å². The van der Waals surface area contributed by atoms with Gasteiger partial charge in [-0.25, -0.2) is 4.79 Å². The number of nitrogens with zero attached hydrogens (tertiary/aromatic N) is 2. The Kier molecular flexibility index (Phi) is 3.46. The highest BCUT2D eigenvalue weighted by molar-refractivity contribution is 6.00. The van der Waals surface area contributed by atoms with Crippen LogP contribution in [0.25, 0.3) is 0 Å². The SMILES string of the molecule is Cn1ncc(C(=O)NC(CO)C(=O)O)c1N. The van der Waals surface area contributed by atoms with E-state index >= 15 is 0 Å². The third-order valence-corrected chi connectivity index (χ3v) is 2.02. The number of carbonyl (C=O) groups excluding carboxylic acids is 1. The van der Waals surface area contributed by atoms with Crippen LogP contribution < -0.4 is 11.1 Å². The van der Waals surface area contributed by atoms with E-state index in [-0.39, 0.29) is 11.4 Å². The Bertz CT molecular complexity index is 414. The molecule has 8 nitrogen and oxygen atoms in total. The first-order chi connectivity index (χ1) is 7.47. The average molecular weight is 228 g/mol. The lowest BCUT2D eigenvalue weighted by Gasteiger charge is -2.10. The molecule has 1 aromatic heterocycles. The minimum atomic E-state index is -1.35. The fourth-order valence-electron chi connectivity index (χ4n) is 1.04. The number of aryl methyl sites for hydroxylation is 1. The molecule has 0 aliphatic rings. The highest BCUT2D eigenvalue weighted by Crippen LogP contribution is 2.08. The largest absolute Gasteiger partial charge is 0.480 e. The Morgan fingerprint density at radius 1 is 1.69 bits per heavy atom. The van der Waals surface area contributed by atoms with Crippen molar-refractivity contribution in [2.45, 2.75) is 6.04 Å². The number of aromatic nitrogens is 2. The lowest BCUT2D eigenvalue weighted by atomic mass is 10.2. The summed E-state index contributed by atoms with van der Waals surface area (Å²) < 4.78 is 1.28. The summed E-state index contributed by atoms with van der Waals surface area (Å²) in [6, 6.07) is -1.35. The Hall–Kier alpha value is -2.09. The van der Waals surface area contributed by atoms with Gasteiger partial charge < -0.3 is 21.3 Å². The van der Waals surface area contributed by atoms with Gasteiger partial charge in [-0.1, -0.05) is 0 Å². The van der Waals surface area contributed by atoms with Crippen molar-refractivity contribution in [1.82, 2.24) is 15.1 Å². The summed E-state index contributed by atoms with van der Waals surface area (Å²) in [6.45, 7) is -0.693. The van der Waals surface area contributed by atoms with Gasteiger partial charge in [-0.15, -0.1) is 0 Å². The number of nitrogens with two attached hydrogens (primary N) is 1. The molecular weight excluding hydrogens is 216 g/mol. The topological polar surface area (TPSA) is 130 Å². The normalized spacial score (nSPS) is 12.1. The van der Waals surface area contributed by atoms with Gasteiger partial charge >= 0.3 is 5.97 Å². The number of aliphatic carboxylic acids is 1. The Morgan fingerprint density at radius 2 is 2.31 bits per heavy atom. The summed E-state index contributed by atoms with van der Waals surface area (Å²) >= 11 is 0. The molecule has 0 aromatic carbocycles. The van der Waals surface area contributed by atoms with Crippen molar-refractivity contribution >= 4 is 17.7 Å². The third kappa shape index (κ3) is 2.28. The standard InChI is InChI=1S/C8H12N4O4/c1-12-6(9)4(2-10-12)7(14)11-5(3-13)8(15)16/h2,5,13H,3,9H2,1H3,(H,11,14)(H,15,16). The van der Waals surface area contributed by atoms with Crippen LogP contribution in [0.2, 0.25) is 0 Å². The van der Waals surface area contributed by atoms with Crippen LogP contribution in [0, 0.1) is 0 Å². The predicted octanol–water partition coefficient (Wildman–Crippen LogP) is -1.82. The maximum atomic E-state index is 11.5. The molecule has 0 spiro atoms. The van der Waals surface area contributed by atoms with Gasteiger partial charge in [0.15, 0.2) is 6.04 Å². The lowest BCUT2D eigenvalue weighted by molar-refractivity contribution is -0.140. The fraction of sp³-hybridized carbons (Fsp3) is 0.375. The van der Waals surface area contributed by atoms with Crippen molar-refractivity contribution in [3.63, 3.8) is 0 Å². The van der Waals surface area contributed by atoms with Crippen molar-refractivity contribution < 1.29 is 19.8 Å². The number of carbonyl (C=O) groups is 2. The van der Waals surface area contributed by atoms with E-state index in [4.69, 9.17) is 15.9 Å². The van der Waals surface area contributed by atoms with Crippen molar-refractivity contribution in [3.05, 3.63) is 11.8 Å². The van der Waals surface area contributed by atoms with Gasteiger partial charge in [-0.2, -0.15) is 5.10 Å². The molecule has 5 N–H and O–H groups in total. The molecule has 1 amide bonds. The monoisotopic (exact) mass is 228 g/mol. The maximum Gasteiger partial charge on any atom is 0.328 e. The van der Waals surface area contributed by atoms with Crippen molar-refractivity contribution in [2.75, 3.05) is 12.3 Å². The second-order valence-electron chi connectivity index (χ2n) is 3.11. The number of aliphatic hydroxyl groups excluding tert-OH is 1. The molecule has 0 fully saturated rings. The second kappa shape index (κ2) is 4.62. The summed E-state index contributed by atoms with van der Waals surface area (Å²) in [4.78, 5) is 22.1. The molecule has 1 unspecified atom stereocenters. The second-order valence-corrected chi connectivity index (χ2v) is 3.11. The van der Waals surface area contributed by atoms with Gasteiger partial charge in [0, 0.05) is 7.05 Å². The van der Waals surface area contributed by atoms with E-state index in [2.05, 4.69) is 10.4 Å². The number of amides is 1. The van der Waals surface area contributed by atoms with Gasteiger partial charge in [0.25, 0.3) is 5.91 Å². The summed E-state index contributed by atoms with van der Waals surface area (Å²) in [5.41, 5.74) is 5.60. The van der Waals surface area contributed by atoms with Crippen LogP contribution in [0.3, 0.4) is 0 Å². The fourth-order valence-corrected chi connectivity index (χ4v) is 1.04. The first-order valence-corrected chi connectivity index (χ1v) is 4.39. The molecule has 16 heavy (non-hydrogen) atoms. The first-order valence-electron chi connectivity index (χ1n) is 4.39. The molecular formula is C8H12N4O4. The van der Waals surface area contributed by atoms with Gasteiger partial charge in [-0.05, 0) is 0 Å². The maximum absolute atomic E-state index is 11.5. The zero-order valence-electron chi connectivity index (χ0n) is 8.54.